The summed E-state index contributed by atoms with van der Waals surface area (Å²) >= 11 is 0. The minimum atomic E-state index is -3.59. The lowest BCUT2D eigenvalue weighted by molar-refractivity contribution is -0.142. The van der Waals surface area contributed by atoms with Gasteiger partial charge in [-0.15, -0.1) is 0 Å². The van der Waals surface area contributed by atoms with Crippen molar-refractivity contribution >= 4 is 15.8 Å². The third kappa shape index (κ3) is 1.73. The summed E-state index contributed by atoms with van der Waals surface area (Å²) < 4.78 is 24.3. The third-order valence-corrected chi connectivity index (χ3v) is 5.54. The highest BCUT2D eigenvalue weighted by molar-refractivity contribution is 7.92. The first kappa shape index (κ1) is 12.1. The van der Waals surface area contributed by atoms with E-state index in [2.05, 4.69) is 0 Å². The van der Waals surface area contributed by atoms with Gasteiger partial charge in [0.05, 0.1) is 15.6 Å². The third-order valence-electron chi connectivity index (χ3n) is 3.24. The normalized spacial score (nSPS) is 27.7. The molecule has 3 N–H and O–H groups in total. The molecule has 2 atom stereocenters. The summed E-state index contributed by atoms with van der Waals surface area (Å²) in [5, 5.41) is 8.14. The van der Waals surface area contributed by atoms with Crippen LogP contribution in [0.1, 0.15) is 6.42 Å². The molecule has 0 spiro atoms. The van der Waals surface area contributed by atoms with Gasteiger partial charge in [0.15, 0.2) is 9.84 Å². The van der Waals surface area contributed by atoms with E-state index in [0.717, 1.165) is 0 Å². The van der Waals surface area contributed by atoms with Gasteiger partial charge in [-0.2, -0.15) is 0 Å². The van der Waals surface area contributed by atoms with E-state index in [9.17, 15) is 13.2 Å². The number of hydrogen-bond donors (Lipinski definition) is 2. The van der Waals surface area contributed by atoms with Crippen LogP contribution in [0, 0.1) is 5.41 Å². The van der Waals surface area contributed by atoms with Gasteiger partial charge >= 0.3 is 5.97 Å². The molecule has 0 bridgehead atoms. The van der Waals surface area contributed by atoms with Crippen LogP contribution in [0.25, 0.3) is 0 Å². The Balaban J connectivity index is 2.36. The van der Waals surface area contributed by atoms with Crippen LogP contribution in [0.5, 0.6) is 0 Å². The molecule has 1 aliphatic carbocycles. The molecule has 1 fully saturated rings. The SMILES string of the molecule is NC[C@@]1(C(=O)O)C[C@@H]1S(=O)(=O)c1ccccc1. The Morgan fingerprint density at radius 1 is 1.41 bits per heavy atom. The Hall–Kier alpha value is -1.40. The largest absolute Gasteiger partial charge is 0.481 e. The van der Waals surface area contributed by atoms with Gasteiger partial charge in [-0.25, -0.2) is 8.42 Å². The molecule has 0 unspecified atom stereocenters. The molecule has 5 nitrogen and oxygen atoms in total. The lowest BCUT2D eigenvalue weighted by Crippen LogP contribution is -2.31. The van der Waals surface area contributed by atoms with Crippen LogP contribution in [0.4, 0.5) is 0 Å². The first-order valence-corrected chi connectivity index (χ1v) is 6.72. The van der Waals surface area contributed by atoms with Crippen LogP contribution in [-0.4, -0.2) is 31.3 Å². The Kier molecular flexibility index (Phi) is 2.71. The van der Waals surface area contributed by atoms with E-state index in [-0.39, 0.29) is 17.9 Å². The van der Waals surface area contributed by atoms with Crippen LogP contribution in [-0.2, 0) is 14.6 Å². The molecule has 0 saturated heterocycles. The molecule has 2 rings (SSSR count). The number of benzene rings is 1. The fourth-order valence-corrected chi connectivity index (χ4v) is 4.15. The van der Waals surface area contributed by atoms with E-state index in [0.29, 0.717) is 0 Å². The molecule has 1 aliphatic rings. The molecule has 1 aromatic rings. The molecular formula is C11H13NO4S. The van der Waals surface area contributed by atoms with Crippen LogP contribution in [0.3, 0.4) is 0 Å². The summed E-state index contributed by atoms with van der Waals surface area (Å²) in [7, 11) is -3.59. The van der Waals surface area contributed by atoms with Crippen molar-refractivity contribution in [2.45, 2.75) is 16.6 Å². The van der Waals surface area contributed by atoms with Gasteiger partial charge in [-0.05, 0) is 18.6 Å². The molecule has 1 aromatic carbocycles. The van der Waals surface area contributed by atoms with E-state index >= 15 is 0 Å². The van der Waals surface area contributed by atoms with Gasteiger partial charge < -0.3 is 10.8 Å². The molecule has 0 aliphatic heterocycles. The highest BCUT2D eigenvalue weighted by Gasteiger charge is 2.66. The van der Waals surface area contributed by atoms with E-state index < -0.39 is 26.5 Å². The van der Waals surface area contributed by atoms with Crippen LogP contribution in [0.15, 0.2) is 35.2 Å². The van der Waals surface area contributed by atoms with Crippen LogP contribution in [0.2, 0.25) is 0 Å². The number of nitrogens with two attached hydrogens (primary N) is 1. The first-order valence-electron chi connectivity index (χ1n) is 5.17. The summed E-state index contributed by atoms with van der Waals surface area (Å²) in [4.78, 5) is 11.2. The summed E-state index contributed by atoms with van der Waals surface area (Å²) in [5.74, 6) is -1.13. The van der Waals surface area contributed by atoms with Crippen LogP contribution < -0.4 is 5.73 Å². The molecular weight excluding hydrogens is 242 g/mol. The quantitative estimate of drug-likeness (QED) is 0.804. The van der Waals surface area contributed by atoms with Crippen molar-refractivity contribution in [2.24, 2.45) is 11.1 Å². The zero-order chi connectivity index (χ0) is 12.7. The maximum absolute atomic E-state index is 12.2. The number of carboxylic acids is 1. The minimum absolute atomic E-state index is 0.0933. The van der Waals surface area contributed by atoms with Gasteiger partial charge in [-0.1, -0.05) is 18.2 Å². The zero-order valence-corrected chi connectivity index (χ0v) is 9.85. The van der Waals surface area contributed by atoms with Crippen molar-refractivity contribution < 1.29 is 18.3 Å². The van der Waals surface area contributed by atoms with Crippen molar-refractivity contribution in [3.63, 3.8) is 0 Å². The molecule has 0 aromatic heterocycles. The monoisotopic (exact) mass is 255 g/mol. The standard InChI is InChI=1S/C11H13NO4S/c12-7-11(10(13)14)6-9(11)17(15,16)8-4-2-1-3-5-8/h1-5,9H,6-7,12H2,(H,13,14)/t9-,11-/m0/s1. The maximum atomic E-state index is 12.2. The van der Waals surface area contributed by atoms with Crippen molar-refractivity contribution in [3.8, 4) is 0 Å². The Morgan fingerprint density at radius 2 is 2.00 bits per heavy atom. The average molecular weight is 255 g/mol. The summed E-state index contributed by atoms with van der Waals surface area (Å²) in [6, 6.07) is 7.87. The van der Waals surface area contributed by atoms with Gasteiger partial charge in [0.25, 0.3) is 0 Å². The number of carboxylic acid groups (broad SMARTS) is 1. The fourth-order valence-electron chi connectivity index (χ4n) is 1.98. The second-order valence-corrected chi connectivity index (χ2v) is 6.35. The predicted molar refractivity (Wildman–Crippen MR) is 61.2 cm³/mol. The van der Waals surface area contributed by atoms with Gasteiger partial charge in [0.1, 0.15) is 0 Å². The molecule has 92 valence electrons. The lowest BCUT2D eigenvalue weighted by Gasteiger charge is -2.09. The number of hydrogen-bond acceptors (Lipinski definition) is 4. The topological polar surface area (TPSA) is 97.5 Å². The Labute approximate surface area is 99.2 Å². The fraction of sp³-hybridized carbons (Fsp3) is 0.364. The van der Waals surface area contributed by atoms with Crippen molar-refractivity contribution in [2.75, 3.05) is 6.54 Å². The molecule has 0 heterocycles. The molecule has 17 heavy (non-hydrogen) atoms. The number of rotatable bonds is 4. The second-order valence-electron chi connectivity index (χ2n) is 4.22. The maximum Gasteiger partial charge on any atom is 0.312 e. The van der Waals surface area contributed by atoms with Gasteiger partial charge in [0, 0.05) is 6.54 Å². The first-order chi connectivity index (χ1) is 7.95. The molecule has 0 amide bonds. The van der Waals surface area contributed by atoms with E-state index in [1.54, 1.807) is 18.2 Å². The van der Waals surface area contributed by atoms with Crippen molar-refractivity contribution in [3.05, 3.63) is 30.3 Å². The predicted octanol–water partition coefficient (Wildman–Crippen LogP) is 0.262. The lowest BCUT2D eigenvalue weighted by atomic mass is 10.1. The summed E-state index contributed by atoms with van der Waals surface area (Å²) in [6.07, 6.45) is 0.0933. The Morgan fingerprint density at radius 3 is 2.41 bits per heavy atom. The van der Waals surface area contributed by atoms with Gasteiger partial charge in [0.2, 0.25) is 0 Å². The number of carbonyl (C=O) groups is 1. The average Bonchev–Trinajstić information content (AvgIpc) is 3.07. The second kappa shape index (κ2) is 3.82. The highest BCUT2D eigenvalue weighted by Crippen LogP contribution is 2.51. The summed E-state index contributed by atoms with van der Waals surface area (Å²) in [6.45, 7) is -0.154. The summed E-state index contributed by atoms with van der Waals surface area (Å²) in [5.41, 5.74) is 4.09. The zero-order valence-electron chi connectivity index (χ0n) is 9.04. The van der Waals surface area contributed by atoms with Crippen LogP contribution >= 0.6 is 0 Å². The van der Waals surface area contributed by atoms with Crippen molar-refractivity contribution in [1.29, 1.82) is 0 Å². The van der Waals surface area contributed by atoms with E-state index in [1.807, 2.05) is 0 Å². The number of sulfone groups is 1. The van der Waals surface area contributed by atoms with E-state index in [4.69, 9.17) is 10.8 Å². The smallest absolute Gasteiger partial charge is 0.312 e. The molecule has 0 radical (unpaired) electrons. The highest BCUT2D eigenvalue weighted by atomic mass is 32.2. The molecule has 6 heteroatoms. The van der Waals surface area contributed by atoms with Crippen molar-refractivity contribution in [1.82, 2.24) is 0 Å². The van der Waals surface area contributed by atoms with E-state index in [1.165, 1.54) is 12.1 Å². The minimum Gasteiger partial charge on any atom is -0.481 e. The Bertz CT molecular complexity index is 540. The number of aliphatic carboxylic acids is 1. The molecule has 1 saturated carbocycles. The van der Waals surface area contributed by atoms with Gasteiger partial charge in [-0.3, -0.25) is 4.79 Å².